The van der Waals surface area contributed by atoms with Crippen LogP contribution in [0.2, 0.25) is 5.02 Å². The van der Waals surface area contributed by atoms with E-state index >= 15 is 0 Å². The number of fused-ring (bicyclic) bond motifs is 1. The fourth-order valence-corrected chi connectivity index (χ4v) is 2.74. The molecule has 0 aliphatic heterocycles. The number of halogens is 1. The molecule has 0 fully saturated rings. The summed E-state index contributed by atoms with van der Waals surface area (Å²) >= 11 is 6.00. The lowest BCUT2D eigenvalue weighted by Gasteiger charge is -2.07. The highest BCUT2D eigenvalue weighted by molar-refractivity contribution is 6.30. The number of hydrogen-bond donors (Lipinski definition) is 0. The highest BCUT2D eigenvalue weighted by atomic mass is 35.5. The maximum absolute atomic E-state index is 6.00. The predicted molar refractivity (Wildman–Crippen MR) is 94.2 cm³/mol. The molecule has 0 saturated carbocycles. The maximum atomic E-state index is 6.00. The van der Waals surface area contributed by atoms with Crippen molar-refractivity contribution >= 4 is 17.2 Å². The van der Waals surface area contributed by atoms with Gasteiger partial charge in [0.15, 0.2) is 5.65 Å². The molecule has 4 rings (SSSR count). The van der Waals surface area contributed by atoms with E-state index in [1.807, 2.05) is 72.9 Å². The van der Waals surface area contributed by atoms with E-state index in [0.29, 0.717) is 17.5 Å². The Morgan fingerprint density at radius 3 is 2.67 bits per heavy atom. The predicted octanol–water partition coefficient (Wildman–Crippen LogP) is 4.63. The number of imidazole rings is 1. The van der Waals surface area contributed by atoms with Gasteiger partial charge in [-0.3, -0.25) is 0 Å². The molecular formula is C19H14ClN3O. The summed E-state index contributed by atoms with van der Waals surface area (Å²) in [5.74, 6) is 0.539. The molecule has 2 aromatic heterocycles. The summed E-state index contributed by atoms with van der Waals surface area (Å²) < 4.78 is 7.59. The molecule has 0 aliphatic carbocycles. The highest BCUT2D eigenvalue weighted by Gasteiger charge is 2.08. The first-order valence-electron chi connectivity index (χ1n) is 7.57. The standard InChI is InChI=1S/C19H14ClN3O/c20-16-8-4-5-14(11-16)13-24-19-10-9-18-21-12-17(23(18)22-19)15-6-2-1-3-7-15/h1-12H,13H2. The number of hydrogen-bond acceptors (Lipinski definition) is 3. The van der Waals surface area contributed by atoms with Gasteiger partial charge in [0.05, 0.1) is 11.9 Å². The van der Waals surface area contributed by atoms with Gasteiger partial charge in [0.25, 0.3) is 0 Å². The first-order valence-corrected chi connectivity index (χ1v) is 7.95. The van der Waals surface area contributed by atoms with E-state index in [1.54, 1.807) is 4.52 Å². The molecule has 0 N–H and O–H groups in total. The van der Waals surface area contributed by atoms with E-state index in [2.05, 4.69) is 10.1 Å². The Kier molecular flexibility index (Phi) is 3.89. The third-order valence-electron chi connectivity index (χ3n) is 3.68. The fourth-order valence-electron chi connectivity index (χ4n) is 2.52. The Balaban J connectivity index is 1.63. The molecule has 4 aromatic rings. The van der Waals surface area contributed by atoms with Gasteiger partial charge >= 0.3 is 0 Å². The van der Waals surface area contributed by atoms with Crippen molar-refractivity contribution in [3.8, 4) is 17.1 Å². The van der Waals surface area contributed by atoms with Crippen molar-refractivity contribution in [1.82, 2.24) is 14.6 Å². The Morgan fingerprint density at radius 1 is 0.958 bits per heavy atom. The van der Waals surface area contributed by atoms with E-state index in [0.717, 1.165) is 22.5 Å². The zero-order chi connectivity index (χ0) is 16.4. The van der Waals surface area contributed by atoms with Gasteiger partial charge in [-0.25, -0.2) is 9.50 Å². The van der Waals surface area contributed by atoms with Gasteiger partial charge in [-0.15, -0.1) is 5.10 Å². The molecule has 5 heteroatoms. The average molecular weight is 336 g/mol. The topological polar surface area (TPSA) is 39.4 Å². The minimum atomic E-state index is 0.411. The van der Waals surface area contributed by atoms with Crippen molar-refractivity contribution in [1.29, 1.82) is 0 Å². The number of aromatic nitrogens is 3. The lowest BCUT2D eigenvalue weighted by molar-refractivity contribution is 0.289. The van der Waals surface area contributed by atoms with Crippen LogP contribution in [0.4, 0.5) is 0 Å². The Bertz CT molecular complexity index is 982. The molecule has 0 bridgehead atoms. The summed E-state index contributed by atoms with van der Waals surface area (Å²) in [7, 11) is 0. The third-order valence-corrected chi connectivity index (χ3v) is 3.92. The van der Waals surface area contributed by atoms with E-state index in [4.69, 9.17) is 16.3 Å². The van der Waals surface area contributed by atoms with Crippen LogP contribution in [0.1, 0.15) is 5.56 Å². The van der Waals surface area contributed by atoms with Crippen molar-refractivity contribution < 1.29 is 4.74 Å². The zero-order valence-electron chi connectivity index (χ0n) is 12.8. The molecular weight excluding hydrogens is 322 g/mol. The zero-order valence-corrected chi connectivity index (χ0v) is 13.5. The van der Waals surface area contributed by atoms with Gasteiger partial charge in [-0.05, 0) is 23.8 Å². The molecule has 118 valence electrons. The monoisotopic (exact) mass is 335 g/mol. The van der Waals surface area contributed by atoms with Crippen LogP contribution in [0.15, 0.2) is 72.9 Å². The Morgan fingerprint density at radius 2 is 1.83 bits per heavy atom. The number of nitrogens with zero attached hydrogens (tertiary/aromatic N) is 3. The lowest BCUT2D eigenvalue weighted by atomic mass is 10.2. The summed E-state index contributed by atoms with van der Waals surface area (Å²) in [6.45, 7) is 0.411. The van der Waals surface area contributed by atoms with Gasteiger partial charge in [0.2, 0.25) is 5.88 Å². The van der Waals surface area contributed by atoms with Gasteiger partial charge in [0.1, 0.15) is 6.61 Å². The molecule has 24 heavy (non-hydrogen) atoms. The van der Waals surface area contributed by atoms with Crippen LogP contribution in [-0.4, -0.2) is 14.6 Å². The molecule has 0 radical (unpaired) electrons. The summed E-state index contributed by atoms with van der Waals surface area (Å²) in [5, 5.41) is 5.24. The second kappa shape index (κ2) is 6.34. The molecule has 0 aliphatic rings. The maximum Gasteiger partial charge on any atom is 0.232 e. The van der Waals surface area contributed by atoms with Crippen LogP contribution < -0.4 is 4.74 Å². The van der Waals surface area contributed by atoms with Gasteiger partial charge in [0, 0.05) is 16.7 Å². The summed E-state index contributed by atoms with van der Waals surface area (Å²) in [5.41, 5.74) is 3.77. The van der Waals surface area contributed by atoms with Crippen molar-refractivity contribution in [2.75, 3.05) is 0 Å². The van der Waals surface area contributed by atoms with Crippen LogP contribution >= 0.6 is 11.6 Å². The summed E-state index contributed by atoms with van der Waals surface area (Å²) in [6.07, 6.45) is 1.82. The largest absolute Gasteiger partial charge is 0.472 e. The third kappa shape index (κ3) is 2.96. The molecule has 0 unspecified atom stereocenters. The van der Waals surface area contributed by atoms with Gasteiger partial charge in [-0.2, -0.15) is 0 Å². The quantitative estimate of drug-likeness (QED) is 0.546. The van der Waals surface area contributed by atoms with Crippen LogP contribution in [0.25, 0.3) is 16.9 Å². The Labute approximate surface area is 144 Å². The number of rotatable bonds is 4. The van der Waals surface area contributed by atoms with Gasteiger partial charge in [-0.1, -0.05) is 54.1 Å². The second-order valence-corrected chi connectivity index (χ2v) is 5.81. The molecule has 0 amide bonds. The van der Waals surface area contributed by atoms with E-state index in [9.17, 15) is 0 Å². The van der Waals surface area contributed by atoms with Crippen LogP contribution in [0.5, 0.6) is 5.88 Å². The molecule has 4 nitrogen and oxygen atoms in total. The molecule has 2 heterocycles. The highest BCUT2D eigenvalue weighted by Crippen LogP contribution is 2.21. The first kappa shape index (κ1) is 14.7. The van der Waals surface area contributed by atoms with Crippen LogP contribution in [0, 0.1) is 0 Å². The van der Waals surface area contributed by atoms with E-state index in [-0.39, 0.29) is 0 Å². The van der Waals surface area contributed by atoms with E-state index < -0.39 is 0 Å². The average Bonchev–Trinajstić information content (AvgIpc) is 3.04. The summed E-state index contributed by atoms with van der Waals surface area (Å²) in [4.78, 5) is 4.39. The smallest absolute Gasteiger partial charge is 0.232 e. The van der Waals surface area contributed by atoms with Crippen LogP contribution in [-0.2, 0) is 6.61 Å². The number of ether oxygens (including phenoxy) is 1. The molecule has 0 saturated heterocycles. The van der Waals surface area contributed by atoms with Gasteiger partial charge < -0.3 is 4.74 Å². The molecule has 2 aromatic carbocycles. The SMILES string of the molecule is Clc1cccc(COc2ccc3ncc(-c4ccccc4)n3n2)c1. The summed E-state index contributed by atoms with van der Waals surface area (Å²) in [6, 6.07) is 21.4. The minimum absolute atomic E-state index is 0.411. The minimum Gasteiger partial charge on any atom is -0.472 e. The fraction of sp³-hybridized carbons (Fsp3) is 0.0526. The van der Waals surface area contributed by atoms with Crippen molar-refractivity contribution in [2.24, 2.45) is 0 Å². The van der Waals surface area contributed by atoms with Crippen LogP contribution in [0.3, 0.4) is 0 Å². The van der Waals surface area contributed by atoms with E-state index in [1.165, 1.54) is 0 Å². The van der Waals surface area contributed by atoms with Crippen molar-refractivity contribution in [3.63, 3.8) is 0 Å². The molecule has 0 spiro atoms. The first-order chi connectivity index (χ1) is 11.8. The Hall–Kier alpha value is -2.85. The van der Waals surface area contributed by atoms with Crippen molar-refractivity contribution in [3.05, 3.63) is 83.5 Å². The normalized spacial score (nSPS) is 10.9. The number of benzene rings is 2. The molecule has 0 atom stereocenters. The lowest BCUT2D eigenvalue weighted by Crippen LogP contribution is -2.01. The van der Waals surface area contributed by atoms with Crippen molar-refractivity contribution in [2.45, 2.75) is 6.61 Å². The second-order valence-electron chi connectivity index (χ2n) is 5.37.